The quantitative estimate of drug-likeness (QED) is 0.802. The fourth-order valence-electron chi connectivity index (χ4n) is 3.40. The molecule has 126 valence electrons. The number of fused-ring (bicyclic) bond motifs is 1. The smallest absolute Gasteiger partial charge is 0.255 e. The number of benzene rings is 1. The van der Waals surface area contributed by atoms with Crippen molar-refractivity contribution < 1.29 is 14.4 Å². The van der Waals surface area contributed by atoms with Gasteiger partial charge in [-0.05, 0) is 47.4 Å². The van der Waals surface area contributed by atoms with Gasteiger partial charge in [0.2, 0.25) is 11.8 Å². The van der Waals surface area contributed by atoms with Gasteiger partial charge in [0.15, 0.2) is 0 Å². The second-order valence-electron chi connectivity index (χ2n) is 6.25. The van der Waals surface area contributed by atoms with E-state index in [4.69, 9.17) is 0 Å². The van der Waals surface area contributed by atoms with E-state index in [9.17, 15) is 14.4 Å². The number of piperidine rings is 1. The predicted octanol–water partition coefficient (Wildman–Crippen LogP) is 1.46. The van der Waals surface area contributed by atoms with Crippen LogP contribution < -0.4 is 10.6 Å². The molecule has 1 aromatic carbocycles. The Labute approximate surface area is 144 Å². The summed E-state index contributed by atoms with van der Waals surface area (Å²) in [7, 11) is 0. The summed E-state index contributed by atoms with van der Waals surface area (Å²) in [6.07, 6.45) is 10.2. The third kappa shape index (κ3) is 2.76. The highest BCUT2D eigenvalue weighted by Crippen LogP contribution is 2.30. The Morgan fingerprint density at radius 1 is 1.12 bits per heavy atom. The Bertz CT molecular complexity index is 867. The van der Waals surface area contributed by atoms with Crippen molar-refractivity contribution in [2.24, 2.45) is 0 Å². The van der Waals surface area contributed by atoms with Crippen molar-refractivity contribution in [3.8, 4) is 0 Å². The van der Waals surface area contributed by atoms with Crippen LogP contribution in [-0.4, -0.2) is 28.7 Å². The van der Waals surface area contributed by atoms with Crippen LogP contribution in [0.1, 0.15) is 34.3 Å². The largest absolute Gasteiger partial charge is 0.368 e. The lowest BCUT2D eigenvalue weighted by molar-refractivity contribution is -0.136. The molecular formula is C19H17N3O3. The lowest BCUT2D eigenvalue weighted by Gasteiger charge is -2.29. The topological polar surface area (TPSA) is 78.5 Å². The Morgan fingerprint density at radius 2 is 2.00 bits per heavy atom. The van der Waals surface area contributed by atoms with E-state index in [0.29, 0.717) is 18.5 Å². The second-order valence-corrected chi connectivity index (χ2v) is 6.25. The molecule has 6 nitrogen and oxygen atoms in total. The van der Waals surface area contributed by atoms with Crippen LogP contribution in [0.4, 0.5) is 0 Å². The summed E-state index contributed by atoms with van der Waals surface area (Å²) < 4.78 is 0. The maximum Gasteiger partial charge on any atom is 0.255 e. The summed E-state index contributed by atoms with van der Waals surface area (Å²) in [5, 5.41) is 5.34. The zero-order valence-corrected chi connectivity index (χ0v) is 13.5. The van der Waals surface area contributed by atoms with Crippen molar-refractivity contribution in [2.75, 3.05) is 0 Å². The van der Waals surface area contributed by atoms with E-state index < -0.39 is 6.04 Å². The van der Waals surface area contributed by atoms with Crippen LogP contribution in [-0.2, 0) is 16.1 Å². The summed E-state index contributed by atoms with van der Waals surface area (Å²) in [5.41, 5.74) is 3.58. The minimum Gasteiger partial charge on any atom is -0.368 e. The SMILES string of the molecule is O=C1CCC(N2Cc3cc(C4=CC=CNC=C4)ccc3C2=O)C(=O)N1. The van der Waals surface area contributed by atoms with Gasteiger partial charge in [0, 0.05) is 30.9 Å². The zero-order valence-electron chi connectivity index (χ0n) is 13.5. The van der Waals surface area contributed by atoms with Gasteiger partial charge >= 0.3 is 0 Å². The molecule has 1 fully saturated rings. The molecule has 2 N–H and O–H groups in total. The molecule has 1 unspecified atom stereocenters. The summed E-state index contributed by atoms with van der Waals surface area (Å²) in [6.45, 7) is 0.388. The molecule has 0 radical (unpaired) electrons. The number of rotatable bonds is 2. The molecule has 3 aliphatic rings. The number of allylic oxidation sites excluding steroid dienone is 4. The van der Waals surface area contributed by atoms with Crippen LogP contribution in [0, 0.1) is 0 Å². The van der Waals surface area contributed by atoms with E-state index in [0.717, 1.165) is 16.7 Å². The van der Waals surface area contributed by atoms with Crippen molar-refractivity contribution >= 4 is 23.3 Å². The number of amides is 3. The standard InChI is InChI=1S/C19H17N3O3/c23-17-6-5-16(18(24)21-17)22-11-14-10-13(3-4-15(14)19(22)25)12-2-1-8-20-9-7-12/h1-4,7-10,16,20H,5-6,11H2,(H,21,23,24). The van der Waals surface area contributed by atoms with E-state index in [1.165, 1.54) is 0 Å². The number of imide groups is 1. The van der Waals surface area contributed by atoms with E-state index in [1.54, 1.807) is 4.90 Å². The maximum atomic E-state index is 12.7. The first-order valence-corrected chi connectivity index (χ1v) is 8.21. The normalized spacial score (nSPS) is 22.2. The van der Waals surface area contributed by atoms with Gasteiger partial charge < -0.3 is 10.2 Å². The van der Waals surface area contributed by atoms with Gasteiger partial charge in [0.25, 0.3) is 5.91 Å². The van der Waals surface area contributed by atoms with Crippen LogP contribution in [0.25, 0.3) is 5.57 Å². The van der Waals surface area contributed by atoms with Crippen molar-refractivity contribution in [1.82, 2.24) is 15.5 Å². The summed E-state index contributed by atoms with van der Waals surface area (Å²) in [5.74, 6) is -0.812. The first-order chi connectivity index (χ1) is 12.1. The Kier molecular flexibility index (Phi) is 3.72. The molecule has 3 amide bonds. The molecule has 3 aliphatic heterocycles. The molecule has 6 heteroatoms. The lowest BCUT2D eigenvalue weighted by Crippen LogP contribution is -2.52. The fraction of sp³-hybridized carbons (Fsp3) is 0.211. The minimum absolute atomic E-state index is 0.150. The van der Waals surface area contributed by atoms with Crippen LogP contribution in [0.15, 0.2) is 48.8 Å². The average Bonchev–Trinajstić information content (AvgIpc) is 2.78. The molecule has 1 atom stereocenters. The van der Waals surface area contributed by atoms with Gasteiger partial charge in [-0.15, -0.1) is 0 Å². The molecule has 0 saturated carbocycles. The molecular weight excluding hydrogens is 318 g/mol. The summed E-state index contributed by atoms with van der Waals surface area (Å²) in [6, 6.07) is 5.15. The van der Waals surface area contributed by atoms with Gasteiger partial charge in [-0.3, -0.25) is 19.7 Å². The van der Waals surface area contributed by atoms with Crippen LogP contribution >= 0.6 is 0 Å². The Hall–Kier alpha value is -3.15. The Balaban J connectivity index is 1.61. The highest BCUT2D eigenvalue weighted by atomic mass is 16.2. The van der Waals surface area contributed by atoms with E-state index in [1.807, 2.05) is 48.8 Å². The zero-order chi connectivity index (χ0) is 17.4. The summed E-state index contributed by atoms with van der Waals surface area (Å²) in [4.78, 5) is 37.6. The second kappa shape index (κ2) is 6.05. The first kappa shape index (κ1) is 15.4. The fourth-order valence-corrected chi connectivity index (χ4v) is 3.40. The number of carbonyl (C=O) groups excluding carboxylic acids is 3. The predicted molar refractivity (Wildman–Crippen MR) is 91.9 cm³/mol. The van der Waals surface area contributed by atoms with Crippen molar-refractivity contribution in [3.05, 3.63) is 65.5 Å². The number of hydrogen-bond donors (Lipinski definition) is 2. The molecule has 1 aromatic rings. The van der Waals surface area contributed by atoms with Crippen molar-refractivity contribution in [1.29, 1.82) is 0 Å². The van der Waals surface area contributed by atoms with Gasteiger partial charge in [-0.1, -0.05) is 12.1 Å². The van der Waals surface area contributed by atoms with Crippen LogP contribution in [0.3, 0.4) is 0 Å². The maximum absolute atomic E-state index is 12.7. The average molecular weight is 335 g/mol. The van der Waals surface area contributed by atoms with Crippen LogP contribution in [0.2, 0.25) is 0 Å². The molecule has 0 aliphatic carbocycles. The number of hydrogen-bond acceptors (Lipinski definition) is 4. The molecule has 0 bridgehead atoms. The van der Waals surface area contributed by atoms with Gasteiger partial charge in [0.05, 0.1) is 0 Å². The molecule has 0 spiro atoms. The lowest BCUT2D eigenvalue weighted by atomic mass is 10.00. The van der Waals surface area contributed by atoms with Gasteiger partial charge in [-0.25, -0.2) is 0 Å². The number of nitrogens with zero attached hydrogens (tertiary/aromatic N) is 1. The van der Waals surface area contributed by atoms with Gasteiger partial charge in [-0.2, -0.15) is 0 Å². The molecule has 3 heterocycles. The van der Waals surface area contributed by atoms with E-state index in [2.05, 4.69) is 10.6 Å². The van der Waals surface area contributed by atoms with Crippen LogP contribution in [0.5, 0.6) is 0 Å². The molecule has 25 heavy (non-hydrogen) atoms. The molecule has 4 rings (SSSR count). The minimum atomic E-state index is -0.579. The number of nitrogens with one attached hydrogen (secondary N) is 2. The number of carbonyl (C=O) groups is 3. The van der Waals surface area contributed by atoms with Crippen molar-refractivity contribution in [3.63, 3.8) is 0 Å². The third-order valence-electron chi connectivity index (χ3n) is 4.68. The van der Waals surface area contributed by atoms with Gasteiger partial charge in [0.1, 0.15) is 6.04 Å². The van der Waals surface area contributed by atoms with E-state index >= 15 is 0 Å². The highest BCUT2D eigenvalue weighted by molar-refractivity contribution is 6.05. The Morgan fingerprint density at radius 3 is 2.84 bits per heavy atom. The molecule has 1 saturated heterocycles. The van der Waals surface area contributed by atoms with E-state index in [-0.39, 0.29) is 24.1 Å². The monoisotopic (exact) mass is 335 g/mol. The summed E-state index contributed by atoms with van der Waals surface area (Å²) >= 11 is 0. The first-order valence-electron chi connectivity index (χ1n) is 8.21. The van der Waals surface area contributed by atoms with Crippen molar-refractivity contribution in [2.45, 2.75) is 25.4 Å². The highest BCUT2D eigenvalue weighted by Gasteiger charge is 2.39. The third-order valence-corrected chi connectivity index (χ3v) is 4.68. The molecule has 0 aromatic heterocycles.